The molecule has 0 bridgehead atoms. The zero-order valence-electron chi connectivity index (χ0n) is 5.81. The first-order valence-corrected chi connectivity index (χ1v) is 4.44. The van der Waals surface area contributed by atoms with Gasteiger partial charge in [0, 0.05) is 0 Å². The van der Waals surface area contributed by atoms with Crippen LogP contribution < -0.4 is 0 Å². The van der Waals surface area contributed by atoms with Gasteiger partial charge in [-0.05, 0) is 6.92 Å². The van der Waals surface area contributed by atoms with Gasteiger partial charge < -0.3 is 5.11 Å². The van der Waals surface area contributed by atoms with Crippen molar-refractivity contribution in [2.75, 3.05) is 5.75 Å². The van der Waals surface area contributed by atoms with Crippen molar-refractivity contribution in [2.45, 2.75) is 12.2 Å². The minimum Gasteiger partial charge on any atom is -0.480 e. The first-order valence-electron chi connectivity index (χ1n) is 2.73. The summed E-state index contributed by atoms with van der Waals surface area (Å²) in [7, 11) is -3.77. The number of nitrogens with zero attached hydrogens (tertiary/aromatic N) is 1. The van der Waals surface area contributed by atoms with Crippen LogP contribution in [0.25, 0.3) is 0 Å². The van der Waals surface area contributed by atoms with Crippen molar-refractivity contribution >= 4 is 15.8 Å². The molecule has 5 nitrogen and oxygen atoms in total. The van der Waals surface area contributed by atoms with Gasteiger partial charge in [-0.25, -0.2) is 8.42 Å². The van der Waals surface area contributed by atoms with E-state index in [9.17, 15) is 13.2 Å². The predicted octanol–water partition coefficient (Wildman–Crippen LogP) is -0.602. The Morgan fingerprint density at radius 3 is 2.45 bits per heavy atom. The minimum absolute atomic E-state index is 0.984. The lowest BCUT2D eigenvalue weighted by atomic mass is 10.5. The van der Waals surface area contributed by atoms with E-state index in [0.717, 1.165) is 6.92 Å². The van der Waals surface area contributed by atoms with Crippen LogP contribution in [-0.2, 0) is 14.6 Å². The number of rotatable bonds is 3. The molecule has 0 aliphatic carbocycles. The van der Waals surface area contributed by atoms with Crippen LogP contribution in [0.3, 0.4) is 0 Å². The van der Waals surface area contributed by atoms with Crippen LogP contribution in [-0.4, -0.2) is 30.5 Å². The molecule has 0 fully saturated rings. The maximum Gasteiger partial charge on any atom is 0.318 e. The zero-order valence-corrected chi connectivity index (χ0v) is 6.63. The van der Waals surface area contributed by atoms with Crippen molar-refractivity contribution in [3.63, 3.8) is 0 Å². The lowest BCUT2D eigenvalue weighted by Crippen LogP contribution is -2.24. The highest BCUT2D eigenvalue weighted by molar-refractivity contribution is 7.92. The lowest BCUT2D eigenvalue weighted by molar-refractivity contribution is -0.134. The second-order valence-corrected chi connectivity index (χ2v) is 4.29. The summed E-state index contributed by atoms with van der Waals surface area (Å²) in [6.07, 6.45) is 0. The number of aliphatic carboxylic acids is 1. The van der Waals surface area contributed by atoms with Crippen LogP contribution >= 0.6 is 0 Å². The van der Waals surface area contributed by atoms with Gasteiger partial charge in [0.1, 0.15) is 11.0 Å². The minimum atomic E-state index is -3.77. The van der Waals surface area contributed by atoms with Crippen molar-refractivity contribution < 1.29 is 18.3 Å². The number of hydrogen-bond donors (Lipinski definition) is 1. The number of carboxylic acid groups (broad SMARTS) is 1. The average molecular weight is 177 g/mol. The van der Waals surface area contributed by atoms with E-state index in [0.29, 0.717) is 0 Å². The summed E-state index contributed by atoms with van der Waals surface area (Å²) < 4.78 is 21.5. The van der Waals surface area contributed by atoms with Crippen molar-refractivity contribution in [1.29, 1.82) is 5.26 Å². The smallest absolute Gasteiger partial charge is 0.318 e. The number of nitriles is 1. The Morgan fingerprint density at radius 1 is 1.73 bits per heavy atom. The molecule has 0 aliphatic rings. The normalized spacial score (nSPS) is 13.5. The average Bonchev–Trinajstić information content (AvgIpc) is 1.83. The van der Waals surface area contributed by atoms with Gasteiger partial charge in [-0.2, -0.15) is 5.26 Å². The number of carbonyl (C=O) groups is 1. The third kappa shape index (κ3) is 3.00. The van der Waals surface area contributed by atoms with E-state index in [-0.39, 0.29) is 0 Å². The molecule has 0 aliphatic heterocycles. The third-order valence-corrected chi connectivity index (χ3v) is 2.88. The Bertz CT molecular complexity index is 286. The van der Waals surface area contributed by atoms with Gasteiger partial charge in [0.2, 0.25) is 0 Å². The van der Waals surface area contributed by atoms with Gasteiger partial charge in [0.15, 0.2) is 9.84 Å². The summed E-state index contributed by atoms with van der Waals surface area (Å²) in [4.78, 5) is 9.95. The van der Waals surface area contributed by atoms with Gasteiger partial charge in [-0.15, -0.1) is 0 Å². The Hall–Kier alpha value is -1.09. The fourth-order valence-electron chi connectivity index (χ4n) is 0.377. The Kier molecular flexibility index (Phi) is 3.01. The lowest BCUT2D eigenvalue weighted by Gasteiger charge is -2.00. The summed E-state index contributed by atoms with van der Waals surface area (Å²) in [5.41, 5.74) is 0. The quantitative estimate of drug-likeness (QED) is 0.620. The topological polar surface area (TPSA) is 95.2 Å². The van der Waals surface area contributed by atoms with Crippen molar-refractivity contribution in [3.8, 4) is 6.07 Å². The molecule has 0 amide bonds. The fraction of sp³-hybridized carbons (Fsp3) is 0.600. The van der Waals surface area contributed by atoms with Gasteiger partial charge in [0.25, 0.3) is 0 Å². The molecule has 6 heteroatoms. The molecule has 0 saturated carbocycles. The maximum absolute atomic E-state index is 10.8. The molecule has 0 saturated heterocycles. The van der Waals surface area contributed by atoms with Crippen molar-refractivity contribution in [1.82, 2.24) is 0 Å². The van der Waals surface area contributed by atoms with E-state index in [1.165, 1.54) is 6.07 Å². The number of carboxylic acids is 1. The second kappa shape index (κ2) is 3.34. The Balaban J connectivity index is 4.52. The summed E-state index contributed by atoms with van der Waals surface area (Å²) in [6, 6.07) is 1.46. The summed E-state index contributed by atoms with van der Waals surface area (Å²) >= 11 is 0. The van der Waals surface area contributed by atoms with E-state index in [1.54, 1.807) is 0 Å². The molecule has 0 aromatic carbocycles. The van der Waals surface area contributed by atoms with E-state index in [2.05, 4.69) is 0 Å². The number of sulfone groups is 1. The van der Waals surface area contributed by atoms with Crippen LogP contribution in [0.5, 0.6) is 0 Å². The summed E-state index contributed by atoms with van der Waals surface area (Å²) in [5.74, 6) is -2.42. The Labute approximate surface area is 64.2 Å². The highest BCUT2D eigenvalue weighted by Gasteiger charge is 2.23. The molecule has 0 radical (unpaired) electrons. The highest BCUT2D eigenvalue weighted by atomic mass is 32.2. The summed E-state index contributed by atoms with van der Waals surface area (Å²) in [6.45, 7) is 1.15. The van der Waals surface area contributed by atoms with Gasteiger partial charge in [-0.3, -0.25) is 4.79 Å². The van der Waals surface area contributed by atoms with E-state index in [4.69, 9.17) is 10.4 Å². The molecule has 1 unspecified atom stereocenters. The number of hydrogen-bond acceptors (Lipinski definition) is 4. The largest absolute Gasteiger partial charge is 0.480 e. The molecule has 0 spiro atoms. The molecular formula is C5H7NO4S. The Morgan fingerprint density at radius 2 is 2.18 bits per heavy atom. The zero-order chi connectivity index (χ0) is 9.07. The molecule has 1 N–H and O–H groups in total. The van der Waals surface area contributed by atoms with Gasteiger partial charge in [-0.1, -0.05) is 0 Å². The van der Waals surface area contributed by atoms with Crippen molar-refractivity contribution in [2.24, 2.45) is 0 Å². The highest BCUT2D eigenvalue weighted by Crippen LogP contribution is 1.99. The molecule has 0 aromatic heterocycles. The fourth-order valence-corrected chi connectivity index (χ4v) is 1.13. The summed E-state index contributed by atoms with van der Waals surface area (Å²) in [5, 5.41) is 15.0. The van der Waals surface area contributed by atoms with Crippen LogP contribution in [0.1, 0.15) is 6.92 Å². The van der Waals surface area contributed by atoms with Gasteiger partial charge in [0.05, 0.1) is 6.07 Å². The van der Waals surface area contributed by atoms with Crippen LogP contribution in [0.2, 0.25) is 0 Å². The molecule has 62 valence electrons. The standard InChI is InChI=1S/C5H7NO4S/c1-4(2-6)11(9,10)3-5(7)8/h4H,3H2,1H3,(H,7,8). The van der Waals surface area contributed by atoms with E-state index in [1.807, 2.05) is 0 Å². The van der Waals surface area contributed by atoms with Crippen molar-refractivity contribution in [3.05, 3.63) is 0 Å². The maximum atomic E-state index is 10.8. The van der Waals surface area contributed by atoms with Crippen LogP contribution in [0.4, 0.5) is 0 Å². The van der Waals surface area contributed by atoms with Crippen LogP contribution in [0.15, 0.2) is 0 Å². The molecule has 11 heavy (non-hydrogen) atoms. The SMILES string of the molecule is CC(C#N)S(=O)(=O)CC(=O)O. The van der Waals surface area contributed by atoms with E-state index < -0.39 is 26.8 Å². The predicted molar refractivity (Wildman–Crippen MR) is 36.5 cm³/mol. The first-order chi connectivity index (χ1) is 4.90. The third-order valence-electron chi connectivity index (χ3n) is 1.05. The molecule has 0 aromatic rings. The second-order valence-electron chi connectivity index (χ2n) is 1.97. The molecule has 0 rings (SSSR count). The molecule has 1 atom stereocenters. The molecular weight excluding hydrogens is 170 g/mol. The first kappa shape index (κ1) is 9.91. The molecule has 0 heterocycles. The monoisotopic (exact) mass is 177 g/mol. The van der Waals surface area contributed by atoms with E-state index >= 15 is 0 Å². The van der Waals surface area contributed by atoms with Crippen LogP contribution in [0, 0.1) is 11.3 Å². The van der Waals surface area contributed by atoms with Gasteiger partial charge >= 0.3 is 5.97 Å².